The average molecular weight is 463 g/mol. The minimum atomic E-state index is -1.70. The van der Waals surface area contributed by atoms with Crippen molar-refractivity contribution in [1.82, 2.24) is 19.7 Å². The molecule has 31 heavy (non-hydrogen) atoms. The van der Waals surface area contributed by atoms with Crippen LogP contribution in [0.1, 0.15) is 23.6 Å². The highest BCUT2D eigenvalue weighted by Crippen LogP contribution is 2.29. The van der Waals surface area contributed by atoms with Gasteiger partial charge in [0.2, 0.25) is 0 Å². The molecule has 0 aliphatic rings. The van der Waals surface area contributed by atoms with Gasteiger partial charge in [0.1, 0.15) is 34.2 Å². The molecular weight excluding hydrogens is 438 g/mol. The first-order chi connectivity index (χ1) is 14.8. The second-order valence-corrected chi connectivity index (χ2v) is 8.85. The summed E-state index contributed by atoms with van der Waals surface area (Å²) in [7, 11) is 0. The zero-order valence-electron chi connectivity index (χ0n) is 17.3. The highest BCUT2D eigenvalue weighted by molar-refractivity contribution is 8.22. The molecule has 0 fully saturated rings. The fraction of sp³-hybridized carbons (Fsp3) is 0.318. The molecule has 1 heterocycles. The van der Waals surface area contributed by atoms with Gasteiger partial charge < -0.3 is 10.0 Å². The monoisotopic (exact) mass is 462 g/mol. The summed E-state index contributed by atoms with van der Waals surface area (Å²) in [6.07, 6.45) is 2.77. The van der Waals surface area contributed by atoms with Gasteiger partial charge in [0.05, 0.1) is 13.1 Å². The van der Waals surface area contributed by atoms with Crippen LogP contribution in [0.25, 0.3) is 0 Å². The van der Waals surface area contributed by atoms with E-state index in [9.17, 15) is 13.9 Å². The molecule has 0 bridgehead atoms. The number of benzene rings is 2. The molecule has 0 aliphatic carbocycles. The molecule has 9 heteroatoms. The molecule has 0 radical (unpaired) electrons. The van der Waals surface area contributed by atoms with E-state index in [1.165, 1.54) is 46.3 Å². The number of hydrogen-bond acceptors (Lipinski definition) is 5. The molecule has 164 valence electrons. The van der Waals surface area contributed by atoms with E-state index in [0.29, 0.717) is 16.6 Å². The molecular formula is C22H24F2N4OS2. The van der Waals surface area contributed by atoms with Crippen molar-refractivity contribution in [3.05, 3.63) is 83.4 Å². The van der Waals surface area contributed by atoms with Crippen LogP contribution in [-0.2, 0) is 17.9 Å². The maximum absolute atomic E-state index is 14.6. The van der Waals surface area contributed by atoms with E-state index in [0.717, 1.165) is 12.1 Å². The topological polar surface area (TPSA) is 54.2 Å². The lowest BCUT2D eigenvalue weighted by Crippen LogP contribution is -2.46. The third-order valence-electron chi connectivity index (χ3n) is 5.03. The Morgan fingerprint density at radius 1 is 1.26 bits per heavy atom. The molecule has 1 atom stereocenters. The van der Waals surface area contributed by atoms with E-state index in [4.69, 9.17) is 12.2 Å². The van der Waals surface area contributed by atoms with E-state index >= 15 is 0 Å². The summed E-state index contributed by atoms with van der Waals surface area (Å²) >= 11 is 7.11. The van der Waals surface area contributed by atoms with E-state index < -0.39 is 17.2 Å². The van der Waals surface area contributed by atoms with Gasteiger partial charge in [0, 0.05) is 23.9 Å². The van der Waals surface area contributed by atoms with Crippen molar-refractivity contribution in [1.29, 1.82) is 0 Å². The third kappa shape index (κ3) is 5.87. The number of nitrogens with zero attached hydrogens (tertiary/aromatic N) is 4. The molecule has 1 unspecified atom stereocenters. The summed E-state index contributed by atoms with van der Waals surface area (Å²) in [4.78, 5) is 5.70. The number of aryl methyl sites for hydroxylation is 1. The minimum absolute atomic E-state index is 0.0189. The summed E-state index contributed by atoms with van der Waals surface area (Å²) in [5, 5.41) is 15.6. The van der Waals surface area contributed by atoms with Crippen LogP contribution in [-0.4, -0.2) is 42.2 Å². The van der Waals surface area contributed by atoms with Gasteiger partial charge in [0.15, 0.2) is 0 Å². The molecule has 0 saturated carbocycles. The number of hydrogen-bond donors (Lipinski definition) is 1. The van der Waals surface area contributed by atoms with E-state index in [-0.39, 0.29) is 18.7 Å². The van der Waals surface area contributed by atoms with Gasteiger partial charge in [-0.3, -0.25) is 0 Å². The smallest absolute Gasteiger partial charge is 0.137 e. The second kappa shape index (κ2) is 10.3. The number of rotatable bonds is 8. The number of likely N-dealkylation sites (N-methyl/N-ethyl adjacent to an activating group) is 1. The lowest BCUT2D eigenvalue weighted by Gasteiger charge is -2.35. The molecule has 0 amide bonds. The van der Waals surface area contributed by atoms with Gasteiger partial charge in [-0.1, -0.05) is 54.3 Å². The Bertz CT molecular complexity index is 1030. The quantitative estimate of drug-likeness (QED) is 0.504. The number of halogens is 2. The average Bonchev–Trinajstić information content (AvgIpc) is 3.23. The lowest BCUT2D eigenvalue weighted by molar-refractivity contribution is -0.00542. The molecule has 0 aliphatic heterocycles. The highest BCUT2D eigenvalue weighted by Gasteiger charge is 2.36. The van der Waals surface area contributed by atoms with Gasteiger partial charge in [-0.2, -0.15) is 5.10 Å². The summed E-state index contributed by atoms with van der Waals surface area (Å²) in [6, 6.07) is 11.2. The molecule has 2 aromatic carbocycles. The maximum Gasteiger partial charge on any atom is 0.137 e. The van der Waals surface area contributed by atoms with Gasteiger partial charge in [0.25, 0.3) is 0 Å². The molecule has 1 aromatic heterocycles. The normalized spacial score (nSPS) is 13.1. The van der Waals surface area contributed by atoms with Crippen molar-refractivity contribution in [2.24, 2.45) is 0 Å². The molecule has 3 rings (SSSR count). The van der Waals surface area contributed by atoms with Crippen molar-refractivity contribution >= 4 is 28.3 Å². The number of thioether (sulfide) groups is 1. The molecule has 0 spiro atoms. The third-order valence-corrected chi connectivity index (χ3v) is 6.60. The van der Waals surface area contributed by atoms with Crippen LogP contribution in [0.15, 0.2) is 55.1 Å². The van der Waals surface area contributed by atoms with Crippen molar-refractivity contribution < 1.29 is 13.9 Å². The predicted molar refractivity (Wildman–Crippen MR) is 123 cm³/mol. The number of aliphatic hydroxyl groups is 1. The van der Waals surface area contributed by atoms with E-state index in [1.54, 1.807) is 0 Å². The Balaban J connectivity index is 1.82. The van der Waals surface area contributed by atoms with Crippen LogP contribution in [0.3, 0.4) is 0 Å². The van der Waals surface area contributed by atoms with Gasteiger partial charge in [-0.25, -0.2) is 18.4 Å². The van der Waals surface area contributed by atoms with Crippen molar-refractivity contribution in [3.63, 3.8) is 0 Å². The summed E-state index contributed by atoms with van der Waals surface area (Å²) in [5.41, 5.74) is 0.634. The number of thiocarbonyl (C=S) groups is 1. The molecule has 1 N–H and O–H groups in total. The zero-order chi connectivity index (χ0) is 22.4. The maximum atomic E-state index is 14.6. The molecule has 5 nitrogen and oxygen atoms in total. The Morgan fingerprint density at radius 3 is 2.68 bits per heavy atom. The largest absolute Gasteiger partial charge is 0.381 e. The van der Waals surface area contributed by atoms with Gasteiger partial charge >= 0.3 is 0 Å². The number of aromatic nitrogens is 3. The predicted octanol–water partition coefficient (Wildman–Crippen LogP) is 4.29. The Kier molecular flexibility index (Phi) is 7.74. The van der Waals surface area contributed by atoms with E-state index in [2.05, 4.69) is 16.1 Å². The first-order valence-electron chi connectivity index (χ1n) is 9.79. The summed E-state index contributed by atoms with van der Waals surface area (Å²) in [6.45, 7) is 4.44. The van der Waals surface area contributed by atoms with Gasteiger partial charge in [-0.05, 0) is 31.0 Å². The van der Waals surface area contributed by atoms with Crippen LogP contribution in [0.5, 0.6) is 0 Å². The van der Waals surface area contributed by atoms with E-state index in [1.807, 2.05) is 36.9 Å². The lowest BCUT2D eigenvalue weighted by atomic mass is 9.92. The van der Waals surface area contributed by atoms with Crippen molar-refractivity contribution in [2.75, 3.05) is 13.1 Å². The fourth-order valence-corrected chi connectivity index (χ4v) is 4.64. The fourth-order valence-electron chi connectivity index (χ4n) is 3.29. The summed E-state index contributed by atoms with van der Waals surface area (Å²) < 4.78 is 30.1. The second-order valence-electron chi connectivity index (χ2n) is 7.24. The van der Waals surface area contributed by atoms with Crippen LogP contribution < -0.4 is 0 Å². The molecule has 0 saturated heterocycles. The van der Waals surface area contributed by atoms with Crippen LogP contribution >= 0.6 is 24.0 Å². The standard InChI is InChI=1S/C22H24F2N4OS2/c1-3-27(21(30)31-11-17-7-5-4-6-16(17)2)12-22(29,13-28-15-25-14-26-28)19-9-8-18(23)10-20(19)24/h4-10,14-15,29H,3,11-13H2,1-2H3. The highest BCUT2D eigenvalue weighted by atomic mass is 32.2. The SMILES string of the molecule is CCN(CC(O)(Cn1cncn1)c1ccc(F)cc1F)C(=S)SCc1ccccc1C. The van der Waals surface area contributed by atoms with Crippen molar-refractivity contribution in [3.8, 4) is 0 Å². The minimum Gasteiger partial charge on any atom is -0.381 e. The van der Waals surface area contributed by atoms with Crippen LogP contribution in [0, 0.1) is 18.6 Å². The Labute approximate surface area is 190 Å². The van der Waals surface area contributed by atoms with Crippen LogP contribution in [0.2, 0.25) is 0 Å². The van der Waals surface area contributed by atoms with Gasteiger partial charge in [-0.15, -0.1) is 0 Å². The summed E-state index contributed by atoms with van der Waals surface area (Å²) in [5.74, 6) is -0.841. The first-order valence-corrected chi connectivity index (χ1v) is 11.2. The van der Waals surface area contributed by atoms with Crippen molar-refractivity contribution in [2.45, 2.75) is 31.7 Å². The first kappa shape index (κ1) is 23.3. The Morgan fingerprint density at radius 2 is 2.03 bits per heavy atom. The zero-order valence-corrected chi connectivity index (χ0v) is 19.0. The Hall–Kier alpha value is -2.36. The molecule has 3 aromatic rings. The van der Waals surface area contributed by atoms with Crippen LogP contribution in [0.4, 0.5) is 8.78 Å².